The van der Waals surface area contributed by atoms with E-state index in [1.54, 1.807) is 0 Å². The van der Waals surface area contributed by atoms with E-state index in [4.69, 9.17) is 10.4 Å². The van der Waals surface area contributed by atoms with E-state index in [2.05, 4.69) is 4.74 Å². The number of nitriles is 1. The van der Waals surface area contributed by atoms with Gasteiger partial charge in [0.05, 0.1) is 7.11 Å². The van der Waals surface area contributed by atoms with Crippen molar-refractivity contribution < 1.29 is 19.4 Å². The molecular weight excluding hydrogens is 174 g/mol. The van der Waals surface area contributed by atoms with E-state index < -0.39 is 23.4 Å². The van der Waals surface area contributed by atoms with E-state index in [1.807, 2.05) is 0 Å². The monoisotopic (exact) mass is 183 g/mol. The Labute approximate surface area is 75.2 Å². The van der Waals surface area contributed by atoms with E-state index in [0.717, 1.165) is 13.2 Å². The van der Waals surface area contributed by atoms with E-state index >= 15 is 0 Å². The fraction of sp³-hybridized carbons (Fsp3) is 0.375. The lowest BCUT2D eigenvalue weighted by molar-refractivity contribution is -0.136. The van der Waals surface area contributed by atoms with Gasteiger partial charge in [-0.15, -0.1) is 0 Å². The van der Waals surface area contributed by atoms with E-state index in [0.29, 0.717) is 0 Å². The second-order valence-electron chi connectivity index (χ2n) is 2.24. The molecule has 0 radical (unpaired) electrons. The number of ketones is 1. The van der Waals surface area contributed by atoms with Crippen molar-refractivity contribution in [3.8, 4) is 6.07 Å². The Kier molecular flexibility index (Phi) is 4.41. The fourth-order valence-corrected chi connectivity index (χ4v) is 0.510. The Hall–Kier alpha value is -1.67. The molecule has 0 fully saturated rings. The standard InChI is InChI=1S/C8H9NO4/c1-5(10)7(11)3-6(4-9)8(12)13-2/h3,5,10H,1-2H3/b6-3+. The molecule has 0 saturated heterocycles. The topological polar surface area (TPSA) is 87.4 Å². The first-order valence-electron chi connectivity index (χ1n) is 3.45. The Morgan fingerprint density at radius 2 is 2.15 bits per heavy atom. The minimum Gasteiger partial charge on any atom is -0.465 e. The Morgan fingerprint density at radius 1 is 1.62 bits per heavy atom. The molecule has 0 aromatic rings. The quantitative estimate of drug-likeness (QED) is 0.364. The number of aliphatic hydroxyl groups excluding tert-OH is 1. The van der Waals surface area contributed by atoms with Crippen LogP contribution in [-0.4, -0.2) is 30.1 Å². The van der Waals surface area contributed by atoms with Crippen LogP contribution in [0.15, 0.2) is 11.6 Å². The molecule has 0 aromatic heterocycles. The van der Waals surface area contributed by atoms with Gasteiger partial charge in [0.25, 0.3) is 0 Å². The molecule has 0 saturated carbocycles. The highest BCUT2D eigenvalue weighted by Gasteiger charge is 2.13. The molecule has 13 heavy (non-hydrogen) atoms. The molecule has 0 aromatic carbocycles. The maximum atomic E-state index is 10.8. The van der Waals surface area contributed by atoms with E-state index in [-0.39, 0.29) is 0 Å². The van der Waals surface area contributed by atoms with Gasteiger partial charge in [-0.2, -0.15) is 5.26 Å². The zero-order chi connectivity index (χ0) is 10.4. The Bertz CT molecular complexity index is 285. The van der Waals surface area contributed by atoms with Crippen molar-refractivity contribution in [2.45, 2.75) is 13.0 Å². The summed E-state index contributed by atoms with van der Waals surface area (Å²) >= 11 is 0. The second-order valence-corrected chi connectivity index (χ2v) is 2.24. The number of ether oxygens (including phenoxy) is 1. The maximum Gasteiger partial charge on any atom is 0.348 e. The molecule has 1 N–H and O–H groups in total. The number of esters is 1. The van der Waals surface area contributed by atoms with Gasteiger partial charge in [0.1, 0.15) is 17.7 Å². The molecule has 0 aliphatic carbocycles. The van der Waals surface area contributed by atoms with Gasteiger partial charge in [-0.25, -0.2) is 4.79 Å². The third kappa shape index (κ3) is 3.49. The average Bonchev–Trinajstić information content (AvgIpc) is 2.12. The molecule has 70 valence electrons. The van der Waals surface area contributed by atoms with Crippen LogP contribution in [0.2, 0.25) is 0 Å². The molecular formula is C8H9NO4. The predicted molar refractivity (Wildman–Crippen MR) is 42.4 cm³/mol. The van der Waals surface area contributed by atoms with E-state index in [9.17, 15) is 9.59 Å². The van der Waals surface area contributed by atoms with Crippen molar-refractivity contribution in [2.24, 2.45) is 0 Å². The van der Waals surface area contributed by atoms with Gasteiger partial charge < -0.3 is 9.84 Å². The van der Waals surface area contributed by atoms with Crippen LogP contribution in [0.5, 0.6) is 0 Å². The highest BCUT2D eigenvalue weighted by atomic mass is 16.5. The molecule has 0 spiro atoms. The summed E-state index contributed by atoms with van der Waals surface area (Å²) in [6.07, 6.45) is -0.468. The van der Waals surface area contributed by atoms with Crippen molar-refractivity contribution in [3.05, 3.63) is 11.6 Å². The van der Waals surface area contributed by atoms with Gasteiger partial charge in [0.15, 0.2) is 5.78 Å². The number of carbonyl (C=O) groups is 2. The highest BCUT2D eigenvalue weighted by molar-refractivity contribution is 6.03. The van der Waals surface area contributed by atoms with Crippen LogP contribution >= 0.6 is 0 Å². The zero-order valence-electron chi connectivity index (χ0n) is 7.27. The predicted octanol–water partition coefficient (Wildman–Crippen LogP) is -0.441. The van der Waals surface area contributed by atoms with Gasteiger partial charge in [0.2, 0.25) is 0 Å². The van der Waals surface area contributed by atoms with Crippen LogP contribution in [0.25, 0.3) is 0 Å². The first kappa shape index (κ1) is 11.3. The number of methoxy groups -OCH3 is 1. The lowest BCUT2D eigenvalue weighted by Gasteiger charge is -1.98. The molecule has 0 bridgehead atoms. The van der Waals surface area contributed by atoms with Crippen LogP contribution in [0, 0.1) is 11.3 Å². The van der Waals surface area contributed by atoms with Gasteiger partial charge in [-0.1, -0.05) is 0 Å². The highest BCUT2D eigenvalue weighted by Crippen LogP contribution is 1.97. The minimum absolute atomic E-state index is 0.423. The van der Waals surface area contributed by atoms with Gasteiger partial charge in [-0.3, -0.25) is 4.79 Å². The molecule has 1 atom stereocenters. The number of carbonyl (C=O) groups excluding carboxylic acids is 2. The SMILES string of the molecule is COC(=O)/C(C#N)=C/C(=O)C(C)O. The zero-order valence-corrected chi connectivity index (χ0v) is 7.27. The largest absolute Gasteiger partial charge is 0.465 e. The molecule has 0 aliphatic heterocycles. The molecule has 5 nitrogen and oxygen atoms in total. The third-order valence-electron chi connectivity index (χ3n) is 1.22. The lowest BCUT2D eigenvalue weighted by atomic mass is 10.2. The molecule has 0 amide bonds. The summed E-state index contributed by atoms with van der Waals surface area (Å²) in [6, 6.07) is 1.49. The van der Waals surface area contributed by atoms with Crippen molar-refractivity contribution in [1.82, 2.24) is 0 Å². The summed E-state index contributed by atoms with van der Waals surface area (Å²) in [5.74, 6) is -1.60. The van der Waals surface area contributed by atoms with Gasteiger partial charge in [0, 0.05) is 6.08 Å². The second kappa shape index (κ2) is 5.06. The molecule has 1 unspecified atom stereocenters. The summed E-state index contributed by atoms with van der Waals surface area (Å²) in [5, 5.41) is 17.2. The minimum atomic E-state index is -1.23. The van der Waals surface area contributed by atoms with Gasteiger partial charge >= 0.3 is 5.97 Å². The van der Waals surface area contributed by atoms with Crippen LogP contribution in [0.4, 0.5) is 0 Å². The van der Waals surface area contributed by atoms with E-state index in [1.165, 1.54) is 13.0 Å². The number of nitrogens with zero attached hydrogens (tertiary/aromatic N) is 1. The number of hydrogen-bond donors (Lipinski definition) is 1. The van der Waals surface area contributed by atoms with Crippen LogP contribution < -0.4 is 0 Å². The summed E-state index contributed by atoms with van der Waals surface area (Å²) in [6.45, 7) is 1.24. The summed E-state index contributed by atoms with van der Waals surface area (Å²) in [7, 11) is 1.10. The molecule has 5 heteroatoms. The van der Waals surface area contributed by atoms with Crippen molar-refractivity contribution >= 4 is 11.8 Å². The van der Waals surface area contributed by atoms with Crippen LogP contribution in [-0.2, 0) is 14.3 Å². The molecule has 0 heterocycles. The fourth-order valence-electron chi connectivity index (χ4n) is 0.510. The summed E-state index contributed by atoms with van der Waals surface area (Å²) < 4.78 is 4.22. The number of aliphatic hydroxyl groups is 1. The average molecular weight is 183 g/mol. The van der Waals surface area contributed by atoms with Gasteiger partial charge in [-0.05, 0) is 6.92 Å². The summed E-state index contributed by atoms with van der Waals surface area (Å²) in [4.78, 5) is 21.6. The maximum absolute atomic E-state index is 10.8. The van der Waals surface area contributed by atoms with Crippen LogP contribution in [0.1, 0.15) is 6.92 Å². The van der Waals surface area contributed by atoms with Crippen molar-refractivity contribution in [1.29, 1.82) is 5.26 Å². The Balaban J connectivity index is 4.70. The van der Waals surface area contributed by atoms with Crippen molar-refractivity contribution in [3.63, 3.8) is 0 Å². The number of hydrogen-bond acceptors (Lipinski definition) is 5. The first-order chi connectivity index (χ1) is 6.02. The third-order valence-corrected chi connectivity index (χ3v) is 1.22. The first-order valence-corrected chi connectivity index (χ1v) is 3.45. The summed E-state index contributed by atoms with van der Waals surface area (Å²) in [5.41, 5.74) is -0.423. The van der Waals surface area contributed by atoms with Crippen molar-refractivity contribution in [2.75, 3.05) is 7.11 Å². The van der Waals surface area contributed by atoms with Crippen LogP contribution in [0.3, 0.4) is 0 Å². The molecule has 0 rings (SSSR count). The lowest BCUT2D eigenvalue weighted by Crippen LogP contribution is -2.15. The number of rotatable bonds is 3. The Morgan fingerprint density at radius 3 is 2.46 bits per heavy atom. The normalized spacial score (nSPS) is 12.9. The molecule has 0 aliphatic rings. The smallest absolute Gasteiger partial charge is 0.348 e.